The van der Waals surface area contributed by atoms with Gasteiger partial charge in [-0.1, -0.05) is 13.8 Å². The van der Waals surface area contributed by atoms with E-state index >= 15 is 0 Å². The highest BCUT2D eigenvalue weighted by Crippen LogP contribution is 2.48. The van der Waals surface area contributed by atoms with Crippen LogP contribution in [0.3, 0.4) is 0 Å². The minimum absolute atomic E-state index is 0.121. The van der Waals surface area contributed by atoms with Gasteiger partial charge < -0.3 is 10.2 Å². The molecule has 0 spiro atoms. The molecule has 4 atom stereocenters. The number of nitrogens with one attached hydrogen (secondary N) is 1. The molecule has 2 aliphatic rings. The van der Waals surface area contributed by atoms with Gasteiger partial charge in [-0.3, -0.25) is 0 Å². The molecule has 0 aromatic heterocycles. The summed E-state index contributed by atoms with van der Waals surface area (Å²) in [6.45, 7) is 6.37. The number of benzene rings is 2. The van der Waals surface area contributed by atoms with Gasteiger partial charge in [-0.15, -0.1) is 0 Å². The molecule has 144 valence electrons. The van der Waals surface area contributed by atoms with Crippen LogP contribution in [-0.4, -0.2) is 34.6 Å². The Labute approximate surface area is 160 Å². The summed E-state index contributed by atoms with van der Waals surface area (Å²) in [7, 11) is -1.57. The number of hydrogen-bond acceptors (Lipinski definition) is 4. The van der Waals surface area contributed by atoms with Crippen LogP contribution < -0.4 is 10.2 Å². The maximum absolute atomic E-state index is 13.2. The zero-order valence-electron chi connectivity index (χ0n) is 15.8. The average Bonchev–Trinajstić information content (AvgIpc) is 2.85. The topological polar surface area (TPSA) is 49.4 Å². The number of nitrogens with zero attached hydrogens (tertiary/aromatic N) is 1. The fraction of sp³-hybridized carbons (Fsp3) is 0.429. The summed E-state index contributed by atoms with van der Waals surface area (Å²) in [5.74, 6) is 0.724. The van der Waals surface area contributed by atoms with Crippen LogP contribution in [0.25, 0.3) is 0 Å². The van der Waals surface area contributed by atoms with Crippen molar-refractivity contribution in [3.63, 3.8) is 0 Å². The number of halogens is 1. The molecule has 0 aliphatic carbocycles. The Hall–Kier alpha value is -1.92. The van der Waals surface area contributed by atoms with Gasteiger partial charge in [0.15, 0.2) is 0 Å². The molecule has 2 aliphatic heterocycles. The third-order valence-electron chi connectivity index (χ3n) is 6.12. The van der Waals surface area contributed by atoms with Crippen LogP contribution in [0.4, 0.5) is 10.1 Å². The molecule has 0 amide bonds. The molecule has 1 fully saturated rings. The van der Waals surface area contributed by atoms with Crippen LogP contribution in [-0.2, 0) is 9.84 Å². The van der Waals surface area contributed by atoms with E-state index < -0.39 is 15.7 Å². The van der Waals surface area contributed by atoms with E-state index in [4.69, 9.17) is 0 Å². The van der Waals surface area contributed by atoms with E-state index in [1.165, 1.54) is 24.3 Å². The summed E-state index contributed by atoms with van der Waals surface area (Å²) in [6.07, 6.45) is 0. The van der Waals surface area contributed by atoms with Gasteiger partial charge in [0.25, 0.3) is 0 Å². The Morgan fingerprint density at radius 1 is 1.00 bits per heavy atom. The second-order valence-electron chi connectivity index (χ2n) is 7.92. The van der Waals surface area contributed by atoms with Crippen molar-refractivity contribution < 1.29 is 12.8 Å². The van der Waals surface area contributed by atoms with Crippen molar-refractivity contribution in [1.82, 2.24) is 5.32 Å². The van der Waals surface area contributed by atoms with E-state index in [1.807, 2.05) is 12.1 Å². The molecule has 0 bridgehead atoms. The average molecular weight is 389 g/mol. The first-order chi connectivity index (χ1) is 12.8. The summed E-state index contributed by atoms with van der Waals surface area (Å²) in [5.41, 5.74) is 2.22. The van der Waals surface area contributed by atoms with Crippen molar-refractivity contribution in [2.24, 2.45) is 11.8 Å². The molecular weight excluding hydrogens is 363 g/mol. The lowest BCUT2D eigenvalue weighted by Gasteiger charge is -2.32. The Balaban J connectivity index is 1.80. The van der Waals surface area contributed by atoms with Crippen molar-refractivity contribution in [3.05, 3.63) is 53.8 Å². The molecule has 2 heterocycles. The molecule has 2 aromatic carbocycles. The highest BCUT2D eigenvalue weighted by molar-refractivity contribution is 7.91. The number of anilines is 1. The lowest BCUT2D eigenvalue weighted by Crippen LogP contribution is -2.39. The molecule has 0 radical (unpaired) electrons. The van der Waals surface area contributed by atoms with Gasteiger partial charge in [-0.05, 0) is 73.0 Å². The smallest absolute Gasteiger partial charge is 0.206 e. The quantitative estimate of drug-likeness (QED) is 0.801. The summed E-state index contributed by atoms with van der Waals surface area (Å²) in [5, 5.41) is 3.52. The van der Waals surface area contributed by atoms with Gasteiger partial charge in [-0.2, -0.15) is 0 Å². The van der Waals surface area contributed by atoms with Gasteiger partial charge in [0.2, 0.25) is 9.84 Å². The number of hydrogen-bond donors (Lipinski definition) is 1. The van der Waals surface area contributed by atoms with Gasteiger partial charge in [0.05, 0.1) is 9.79 Å². The maximum Gasteiger partial charge on any atom is 0.206 e. The molecule has 0 saturated carbocycles. The molecule has 1 N–H and O–H groups in total. The van der Waals surface area contributed by atoms with Gasteiger partial charge in [0.1, 0.15) is 5.82 Å². The molecule has 2 unspecified atom stereocenters. The highest BCUT2D eigenvalue weighted by Gasteiger charge is 2.44. The van der Waals surface area contributed by atoms with Crippen LogP contribution in [0.2, 0.25) is 0 Å². The lowest BCUT2D eigenvalue weighted by molar-refractivity contribution is 0.374. The van der Waals surface area contributed by atoms with E-state index in [9.17, 15) is 12.8 Å². The van der Waals surface area contributed by atoms with Crippen LogP contribution in [0.15, 0.2) is 52.3 Å². The van der Waals surface area contributed by atoms with Crippen molar-refractivity contribution >= 4 is 15.5 Å². The first kappa shape index (κ1) is 18.4. The molecule has 2 aromatic rings. The second-order valence-corrected chi connectivity index (χ2v) is 9.87. The molecule has 1 saturated heterocycles. The molecular formula is C21H25FN2O2S. The van der Waals surface area contributed by atoms with Crippen molar-refractivity contribution in [2.45, 2.75) is 35.6 Å². The van der Waals surface area contributed by atoms with Crippen LogP contribution in [0.1, 0.15) is 25.3 Å². The number of likely N-dealkylation sites (N-methyl/N-ethyl adjacent to an activating group) is 1. The van der Waals surface area contributed by atoms with E-state index in [1.54, 1.807) is 6.07 Å². The Bertz CT molecular complexity index is 959. The summed E-state index contributed by atoms with van der Waals surface area (Å²) < 4.78 is 39.3. The van der Waals surface area contributed by atoms with Crippen molar-refractivity contribution in [2.75, 3.05) is 25.0 Å². The van der Waals surface area contributed by atoms with Gasteiger partial charge in [-0.25, -0.2) is 12.8 Å². The monoisotopic (exact) mass is 388 g/mol. The van der Waals surface area contributed by atoms with Crippen LogP contribution >= 0.6 is 0 Å². The van der Waals surface area contributed by atoms with E-state index in [2.05, 4.69) is 31.1 Å². The molecule has 4 rings (SSSR count). The normalized spacial score (nSPS) is 27.8. The zero-order valence-corrected chi connectivity index (χ0v) is 16.6. The number of rotatable bonds is 2. The predicted molar refractivity (Wildman–Crippen MR) is 104 cm³/mol. The fourth-order valence-electron chi connectivity index (χ4n) is 4.79. The maximum atomic E-state index is 13.2. The first-order valence-electron chi connectivity index (χ1n) is 9.39. The third-order valence-corrected chi connectivity index (χ3v) is 7.88. The van der Waals surface area contributed by atoms with Crippen molar-refractivity contribution in [1.29, 1.82) is 0 Å². The summed E-state index contributed by atoms with van der Waals surface area (Å²) >= 11 is 0. The Morgan fingerprint density at radius 2 is 1.63 bits per heavy atom. The van der Waals surface area contributed by atoms with E-state index in [0.717, 1.165) is 24.3 Å². The molecule has 27 heavy (non-hydrogen) atoms. The van der Waals surface area contributed by atoms with Crippen molar-refractivity contribution in [3.8, 4) is 0 Å². The van der Waals surface area contributed by atoms with Gasteiger partial charge >= 0.3 is 0 Å². The minimum atomic E-state index is -3.67. The summed E-state index contributed by atoms with van der Waals surface area (Å²) in [4.78, 5) is 2.71. The first-order valence-corrected chi connectivity index (χ1v) is 10.9. The molecule has 6 heteroatoms. The Kier molecular flexibility index (Phi) is 4.51. The highest BCUT2D eigenvalue weighted by atomic mass is 32.2. The lowest BCUT2D eigenvalue weighted by atomic mass is 9.80. The summed E-state index contributed by atoms with van der Waals surface area (Å²) in [6, 6.07) is 10.8. The standard InChI is InChI=1S/C21H25FN2O2S/c1-13-11-23-12-14(2)21-20(13)18-10-17(8-9-19(18)24(21)3)27(25,26)16-6-4-15(22)5-7-16/h4-10,13-14,20-21,23H,11-12H2,1-3H3/t13?,14?,20-,21-/m0/s1. The largest absolute Gasteiger partial charge is 0.370 e. The van der Waals surface area contributed by atoms with Crippen LogP contribution in [0, 0.1) is 17.7 Å². The van der Waals surface area contributed by atoms with E-state index in [0.29, 0.717) is 23.8 Å². The number of fused-ring (bicyclic) bond motifs is 3. The SMILES string of the molecule is CC1CNCC(C)[C@H]2[C@@H]1c1cc(S(=O)(=O)c3ccc(F)cc3)ccc1N2C. The minimum Gasteiger partial charge on any atom is -0.370 e. The van der Waals surface area contributed by atoms with Gasteiger partial charge in [0, 0.05) is 24.7 Å². The molecule has 4 nitrogen and oxygen atoms in total. The Morgan fingerprint density at radius 3 is 2.33 bits per heavy atom. The van der Waals surface area contributed by atoms with Crippen LogP contribution in [0.5, 0.6) is 0 Å². The van der Waals surface area contributed by atoms with E-state index in [-0.39, 0.29) is 9.79 Å². The predicted octanol–water partition coefficient (Wildman–Crippen LogP) is 3.44. The number of sulfone groups is 1. The second kappa shape index (κ2) is 6.60. The third kappa shape index (κ3) is 2.95. The fourth-order valence-corrected chi connectivity index (χ4v) is 6.08. The zero-order chi connectivity index (χ0) is 19.3.